The lowest BCUT2D eigenvalue weighted by molar-refractivity contribution is -0.274. The summed E-state index contributed by atoms with van der Waals surface area (Å²) in [5.74, 6) is -0.307. The summed E-state index contributed by atoms with van der Waals surface area (Å²) in [5.41, 5.74) is 0.425. The van der Waals surface area contributed by atoms with Gasteiger partial charge < -0.3 is 23.9 Å². The number of hydrogen-bond donors (Lipinski definition) is 1. The quantitative estimate of drug-likeness (QED) is 0.582. The number of ether oxygens (including phenoxy) is 3. The standard InChI is InChI=1S/C21H18F3NO6/c1-11-14-8-9-16(28-2)19(29-3)18(14)30-20(27)15(11)10-17(26)25-12-4-6-13(7-5-12)31-21(22,23)24/h4-9H,10H2,1-3H3,(H,25,26). The van der Waals surface area contributed by atoms with Crippen molar-refractivity contribution in [1.29, 1.82) is 0 Å². The molecule has 2 aromatic carbocycles. The second-order valence-electron chi connectivity index (χ2n) is 6.47. The number of alkyl halides is 3. The summed E-state index contributed by atoms with van der Waals surface area (Å²) in [6.45, 7) is 1.68. The predicted molar refractivity (Wildman–Crippen MR) is 106 cm³/mol. The fourth-order valence-corrected chi connectivity index (χ4v) is 3.08. The highest BCUT2D eigenvalue weighted by atomic mass is 19.4. The average molecular weight is 437 g/mol. The number of anilines is 1. The molecule has 0 unspecified atom stereocenters. The zero-order chi connectivity index (χ0) is 22.8. The van der Waals surface area contributed by atoms with Crippen molar-refractivity contribution in [3.63, 3.8) is 0 Å². The van der Waals surface area contributed by atoms with Gasteiger partial charge in [0, 0.05) is 11.1 Å². The van der Waals surface area contributed by atoms with Crippen LogP contribution in [0.15, 0.2) is 45.6 Å². The SMILES string of the molecule is COc1ccc2c(C)c(CC(=O)Nc3ccc(OC(F)(F)F)cc3)c(=O)oc2c1OC. The van der Waals surface area contributed by atoms with Gasteiger partial charge >= 0.3 is 12.0 Å². The number of methoxy groups -OCH3 is 2. The van der Waals surface area contributed by atoms with Crippen molar-refractivity contribution in [2.45, 2.75) is 19.7 Å². The van der Waals surface area contributed by atoms with Crippen molar-refractivity contribution in [1.82, 2.24) is 0 Å². The van der Waals surface area contributed by atoms with E-state index < -0.39 is 23.6 Å². The minimum atomic E-state index is -4.81. The van der Waals surface area contributed by atoms with Gasteiger partial charge in [0.1, 0.15) is 5.75 Å². The zero-order valence-electron chi connectivity index (χ0n) is 16.8. The van der Waals surface area contributed by atoms with Crippen LogP contribution in [0.4, 0.5) is 18.9 Å². The van der Waals surface area contributed by atoms with E-state index in [9.17, 15) is 22.8 Å². The van der Waals surface area contributed by atoms with E-state index in [1.165, 1.54) is 26.4 Å². The molecule has 0 bridgehead atoms. The first-order valence-electron chi connectivity index (χ1n) is 8.96. The zero-order valence-corrected chi connectivity index (χ0v) is 16.8. The number of fused-ring (bicyclic) bond motifs is 1. The van der Waals surface area contributed by atoms with Gasteiger partial charge in [0.2, 0.25) is 11.7 Å². The average Bonchev–Trinajstić information content (AvgIpc) is 2.70. The lowest BCUT2D eigenvalue weighted by atomic mass is 10.0. The fraction of sp³-hybridized carbons (Fsp3) is 0.238. The van der Waals surface area contributed by atoms with Crippen molar-refractivity contribution in [3.8, 4) is 17.2 Å². The van der Waals surface area contributed by atoms with E-state index in [2.05, 4.69) is 10.1 Å². The van der Waals surface area contributed by atoms with Gasteiger partial charge in [-0.15, -0.1) is 13.2 Å². The smallest absolute Gasteiger partial charge is 0.493 e. The van der Waals surface area contributed by atoms with Crippen LogP contribution in [0.25, 0.3) is 11.0 Å². The van der Waals surface area contributed by atoms with E-state index in [0.717, 1.165) is 12.1 Å². The Hall–Kier alpha value is -3.69. The first-order chi connectivity index (χ1) is 14.6. The summed E-state index contributed by atoms with van der Waals surface area (Å²) in [6.07, 6.45) is -5.10. The topological polar surface area (TPSA) is 87.0 Å². The van der Waals surface area contributed by atoms with E-state index >= 15 is 0 Å². The van der Waals surface area contributed by atoms with Crippen LogP contribution in [0.1, 0.15) is 11.1 Å². The molecule has 0 atom stereocenters. The molecule has 0 aliphatic rings. The number of rotatable bonds is 6. The molecule has 3 aromatic rings. The van der Waals surface area contributed by atoms with E-state index in [1.807, 2.05) is 0 Å². The van der Waals surface area contributed by atoms with E-state index in [1.54, 1.807) is 19.1 Å². The summed E-state index contributed by atoms with van der Waals surface area (Å²) in [7, 11) is 2.87. The summed E-state index contributed by atoms with van der Waals surface area (Å²) >= 11 is 0. The number of carbonyl (C=O) groups is 1. The molecule has 31 heavy (non-hydrogen) atoms. The van der Waals surface area contributed by atoms with Crippen LogP contribution in [0, 0.1) is 6.92 Å². The Morgan fingerprint density at radius 2 is 1.74 bits per heavy atom. The van der Waals surface area contributed by atoms with Crippen molar-refractivity contribution < 1.29 is 36.6 Å². The van der Waals surface area contributed by atoms with Gasteiger partial charge in [0.05, 0.1) is 26.2 Å². The molecule has 1 heterocycles. The molecule has 0 saturated carbocycles. The largest absolute Gasteiger partial charge is 0.573 e. The summed E-state index contributed by atoms with van der Waals surface area (Å²) < 4.78 is 56.3. The summed E-state index contributed by atoms with van der Waals surface area (Å²) in [5, 5.41) is 3.10. The molecule has 0 aliphatic heterocycles. The van der Waals surface area contributed by atoms with Gasteiger partial charge in [-0.25, -0.2) is 4.79 Å². The van der Waals surface area contributed by atoms with Crippen LogP contribution in [0.2, 0.25) is 0 Å². The number of carbonyl (C=O) groups excluding carboxylic acids is 1. The number of aryl methyl sites for hydroxylation is 1. The van der Waals surface area contributed by atoms with E-state index in [4.69, 9.17) is 13.9 Å². The number of hydrogen-bond acceptors (Lipinski definition) is 6. The number of halogens is 3. The lowest BCUT2D eigenvalue weighted by Crippen LogP contribution is -2.21. The monoisotopic (exact) mass is 437 g/mol. The molecule has 7 nitrogen and oxygen atoms in total. The van der Waals surface area contributed by atoms with Crippen molar-refractivity contribution >= 4 is 22.6 Å². The highest BCUT2D eigenvalue weighted by molar-refractivity contribution is 5.94. The van der Waals surface area contributed by atoms with Crippen molar-refractivity contribution in [2.24, 2.45) is 0 Å². The van der Waals surface area contributed by atoms with Crippen LogP contribution in [0.5, 0.6) is 17.2 Å². The van der Waals surface area contributed by atoms with Gasteiger partial charge in [-0.05, 0) is 48.9 Å². The minimum absolute atomic E-state index is 0.147. The Morgan fingerprint density at radius 3 is 2.32 bits per heavy atom. The van der Waals surface area contributed by atoms with Gasteiger partial charge in [0.25, 0.3) is 0 Å². The molecule has 0 spiro atoms. The highest BCUT2D eigenvalue weighted by Gasteiger charge is 2.31. The van der Waals surface area contributed by atoms with Crippen molar-refractivity contribution in [3.05, 3.63) is 57.9 Å². The molecular weight excluding hydrogens is 419 g/mol. The molecule has 1 N–H and O–H groups in total. The second-order valence-corrected chi connectivity index (χ2v) is 6.47. The maximum absolute atomic E-state index is 12.5. The van der Waals surface area contributed by atoms with Crippen LogP contribution < -0.4 is 25.2 Å². The molecule has 1 amide bonds. The van der Waals surface area contributed by atoms with E-state index in [-0.39, 0.29) is 29.0 Å². The number of nitrogens with one attached hydrogen (secondary N) is 1. The third-order valence-electron chi connectivity index (χ3n) is 4.51. The first-order valence-corrected chi connectivity index (χ1v) is 8.96. The van der Waals surface area contributed by atoms with E-state index in [0.29, 0.717) is 16.7 Å². The molecule has 3 rings (SSSR count). The summed E-state index contributed by atoms with van der Waals surface area (Å²) in [4.78, 5) is 24.9. The highest BCUT2D eigenvalue weighted by Crippen LogP contribution is 2.36. The maximum atomic E-state index is 12.5. The summed E-state index contributed by atoms with van der Waals surface area (Å²) in [6, 6.07) is 7.99. The number of amides is 1. The normalized spacial score (nSPS) is 11.3. The second kappa shape index (κ2) is 8.58. The molecule has 0 aliphatic carbocycles. The molecule has 10 heteroatoms. The van der Waals surface area contributed by atoms with Crippen LogP contribution >= 0.6 is 0 Å². The third kappa shape index (κ3) is 4.90. The molecule has 0 radical (unpaired) electrons. The molecule has 164 valence electrons. The Balaban J connectivity index is 1.83. The lowest BCUT2D eigenvalue weighted by Gasteiger charge is -2.13. The minimum Gasteiger partial charge on any atom is -0.493 e. The van der Waals surface area contributed by atoms with Gasteiger partial charge in [-0.2, -0.15) is 0 Å². The molecular formula is C21H18F3NO6. The number of benzene rings is 2. The predicted octanol–water partition coefficient (Wildman–Crippen LogP) is 4.20. The Kier molecular flexibility index (Phi) is 6.09. The molecule has 0 fully saturated rings. The van der Waals surface area contributed by atoms with Crippen molar-refractivity contribution in [2.75, 3.05) is 19.5 Å². The van der Waals surface area contributed by atoms with Crippen LogP contribution in [0.3, 0.4) is 0 Å². The van der Waals surface area contributed by atoms with Crippen LogP contribution in [-0.4, -0.2) is 26.5 Å². The van der Waals surface area contributed by atoms with Gasteiger partial charge in [-0.1, -0.05) is 0 Å². The third-order valence-corrected chi connectivity index (χ3v) is 4.51. The maximum Gasteiger partial charge on any atom is 0.573 e. The van der Waals surface area contributed by atoms with Gasteiger partial charge in [-0.3, -0.25) is 4.79 Å². The van der Waals surface area contributed by atoms with Gasteiger partial charge in [0.15, 0.2) is 11.3 Å². The molecule has 0 saturated heterocycles. The fourth-order valence-electron chi connectivity index (χ4n) is 3.08. The first kappa shape index (κ1) is 22.0. The Bertz CT molecular complexity index is 1170. The van der Waals surface area contributed by atoms with Crippen LogP contribution in [-0.2, 0) is 11.2 Å². The Labute approximate surface area is 174 Å². The molecule has 1 aromatic heterocycles. The Morgan fingerprint density at radius 1 is 1.06 bits per heavy atom.